The van der Waals surface area contributed by atoms with Gasteiger partial charge in [0.1, 0.15) is 5.41 Å². The van der Waals surface area contributed by atoms with Gasteiger partial charge in [-0.1, -0.05) is 99.1 Å². The zero-order chi connectivity index (χ0) is 25.4. The summed E-state index contributed by atoms with van der Waals surface area (Å²) in [6, 6.07) is 20.8. The molecule has 0 amide bonds. The highest BCUT2D eigenvalue weighted by atomic mass is 35.5. The van der Waals surface area contributed by atoms with E-state index in [1.54, 1.807) is 30.3 Å². The average Bonchev–Trinajstić information content (AvgIpc) is 3.29. The Morgan fingerprint density at radius 3 is 2.11 bits per heavy atom. The zero-order valence-electron chi connectivity index (χ0n) is 20.4. The monoisotopic (exact) mass is 495 g/mol. The molecule has 1 saturated heterocycles. The minimum atomic E-state index is -1.45. The first-order chi connectivity index (χ1) is 17.2. The van der Waals surface area contributed by atoms with Crippen molar-refractivity contribution in [1.82, 2.24) is 0 Å². The molecular formula is C31H26ClNO3. The van der Waals surface area contributed by atoms with Crippen molar-refractivity contribution < 1.29 is 14.4 Å². The first kappa shape index (κ1) is 22.9. The molecule has 3 aromatic rings. The number of hydrogen-bond donors (Lipinski definition) is 0. The second-order valence-corrected chi connectivity index (χ2v) is 11.4. The molecule has 1 fully saturated rings. The molecule has 2 aliphatic heterocycles. The predicted octanol–water partition coefficient (Wildman–Crippen LogP) is 6.39. The molecule has 4 nitrogen and oxygen atoms in total. The highest BCUT2D eigenvalue weighted by Gasteiger charge is 2.71. The van der Waals surface area contributed by atoms with E-state index < -0.39 is 28.8 Å². The standard InChI is InChI=1S/C31H26ClNO3/c1-30(2,3)29(36)26-25(18-9-5-4-6-10-18)31(27(34)21-11-7-8-12-22(21)28(31)35)24-16-13-19-17-20(32)14-15-23(19)33(24)26/h4-17,24-26H,1-3H3/t24-,25-,26+/m1/s1. The van der Waals surface area contributed by atoms with E-state index in [9.17, 15) is 14.4 Å². The third-order valence-corrected chi connectivity index (χ3v) is 8.17. The Hall–Kier alpha value is -3.50. The van der Waals surface area contributed by atoms with Crippen LogP contribution in [0.5, 0.6) is 0 Å². The summed E-state index contributed by atoms with van der Waals surface area (Å²) in [4.78, 5) is 45.2. The van der Waals surface area contributed by atoms with E-state index in [1.165, 1.54) is 0 Å². The molecule has 36 heavy (non-hydrogen) atoms. The van der Waals surface area contributed by atoms with Crippen molar-refractivity contribution in [2.24, 2.45) is 10.8 Å². The van der Waals surface area contributed by atoms with Crippen molar-refractivity contribution in [1.29, 1.82) is 0 Å². The molecule has 180 valence electrons. The maximum Gasteiger partial charge on any atom is 0.180 e. The molecule has 3 aromatic carbocycles. The minimum absolute atomic E-state index is 0.00835. The van der Waals surface area contributed by atoms with Gasteiger partial charge in [0.2, 0.25) is 0 Å². The maximum absolute atomic E-state index is 14.4. The van der Waals surface area contributed by atoms with Crippen LogP contribution in [0.2, 0.25) is 5.02 Å². The van der Waals surface area contributed by atoms with E-state index in [0.29, 0.717) is 16.1 Å². The molecule has 1 spiro atoms. The van der Waals surface area contributed by atoms with Gasteiger partial charge in [0.15, 0.2) is 17.3 Å². The highest BCUT2D eigenvalue weighted by molar-refractivity contribution is 6.32. The second kappa shape index (κ2) is 7.75. The Balaban J connectivity index is 1.70. The van der Waals surface area contributed by atoms with Crippen molar-refractivity contribution in [3.63, 3.8) is 0 Å². The Morgan fingerprint density at radius 2 is 1.50 bits per heavy atom. The number of hydrogen-bond acceptors (Lipinski definition) is 4. The van der Waals surface area contributed by atoms with Crippen LogP contribution >= 0.6 is 11.6 Å². The lowest BCUT2D eigenvalue weighted by Crippen LogP contribution is -2.49. The van der Waals surface area contributed by atoms with Crippen molar-refractivity contribution in [2.75, 3.05) is 4.90 Å². The second-order valence-electron chi connectivity index (χ2n) is 10.9. The molecule has 0 saturated carbocycles. The number of anilines is 1. The van der Waals surface area contributed by atoms with Crippen LogP contribution in [0.3, 0.4) is 0 Å². The largest absolute Gasteiger partial charge is 0.352 e. The summed E-state index contributed by atoms with van der Waals surface area (Å²) < 4.78 is 0. The number of fused-ring (bicyclic) bond motifs is 5. The van der Waals surface area contributed by atoms with Crippen LogP contribution < -0.4 is 4.90 Å². The van der Waals surface area contributed by atoms with Gasteiger partial charge in [-0.25, -0.2) is 0 Å². The minimum Gasteiger partial charge on any atom is -0.352 e. The summed E-state index contributed by atoms with van der Waals surface area (Å²) in [6.45, 7) is 5.69. The first-order valence-electron chi connectivity index (χ1n) is 12.2. The molecule has 0 unspecified atom stereocenters. The third kappa shape index (κ3) is 2.91. The number of benzene rings is 3. The van der Waals surface area contributed by atoms with Crippen molar-refractivity contribution >= 4 is 40.7 Å². The van der Waals surface area contributed by atoms with Crippen molar-refractivity contribution in [2.45, 2.75) is 38.8 Å². The molecule has 0 N–H and O–H groups in total. The van der Waals surface area contributed by atoms with Gasteiger partial charge >= 0.3 is 0 Å². The Morgan fingerprint density at radius 1 is 0.889 bits per heavy atom. The zero-order valence-corrected chi connectivity index (χ0v) is 21.1. The van der Waals surface area contributed by atoms with Crippen LogP contribution in [0.25, 0.3) is 6.08 Å². The molecular weight excluding hydrogens is 470 g/mol. The fourth-order valence-corrected chi connectivity index (χ4v) is 6.61. The summed E-state index contributed by atoms with van der Waals surface area (Å²) in [5.74, 6) is -1.09. The average molecular weight is 496 g/mol. The summed E-state index contributed by atoms with van der Waals surface area (Å²) in [7, 11) is 0. The molecule has 5 heteroatoms. The molecule has 3 atom stereocenters. The van der Waals surface area contributed by atoms with E-state index in [0.717, 1.165) is 16.8 Å². The third-order valence-electron chi connectivity index (χ3n) is 7.93. The molecule has 0 aromatic heterocycles. The Labute approximate surface area is 215 Å². The Bertz CT molecular complexity index is 1430. The maximum atomic E-state index is 14.4. The quantitative estimate of drug-likeness (QED) is 0.386. The summed E-state index contributed by atoms with van der Waals surface area (Å²) >= 11 is 6.32. The number of Topliss-reactive ketones (excluding diaryl/α,β-unsaturated/α-hetero) is 3. The molecule has 2 heterocycles. The molecule has 0 radical (unpaired) electrons. The van der Waals surface area contributed by atoms with Crippen LogP contribution in [0.4, 0.5) is 5.69 Å². The molecule has 3 aliphatic rings. The van der Waals surface area contributed by atoms with Gasteiger partial charge in [-0.05, 0) is 29.3 Å². The topological polar surface area (TPSA) is 54.5 Å². The summed E-state index contributed by atoms with van der Waals surface area (Å²) in [6.07, 6.45) is 3.85. The Kier molecular flexibility index (Phi) is 4.94. The predicted molar refractivity (Wildman–Crippen MR) is 142 cm³/mol. The van der Waals surface area contributed by atoms with Gasteiger partial charge in [-0.15, -0.1) is 0 Å². The number of halogens is 1. The van der Waals surface area contributed by atoms with E-state index >= 15 is 0 Å². The molecule has 6 rings (SSSR count). The van der Waals surface area contributed by atoms with Crippen molar-refractivity contribution in [3.8, 4) is 0 Å². The van der Waals surface area contributed by atoms with Crippen LogP contribution in [0.15, 0.2) is 78.9 Å². The van der Waals surface area contributed by atoms with E-state index in [1.807, 2.05) is 80.3 Å². The lowest BCUT2D eigenvalue weighted by Gasteiger charge is -2.38. The van der Waals surface area contributed by atoms with Gasteiger partial charge in [-0.3, -0.25) is 14.4 Å². The van der Waals surface area contributed by atoms with E-state index in [2.05, 4.69) is 0 Å². The van der Waals surface area contributed by atoms with Crippen LogP contribution in [0, 0.1) is 10.8 Å². The van der Waals surface area contributed by atoms with Gasteiger partial charge < -0.3 is 4.90 Å². The van der Waals surface area contributed by atoms with E-state index in [-0.39, 0.29) is 17.3 Å². The molecule has 1 aliphatic carbocycles. The first-order valence-corrected chi connectivity index (χ1v) is 12.6. The van der Waals surface area contributed by atoms with E-state index in [4.69, 9.17) is 11.6 Å². The lowest BCUT2D eigenvalue weighted by molar-refractivity contribution is -0.127. The van der Waals surface area contributed by atoms with Gasteiger partial charge in [-0.2, -0.15) is 0 Å². The highest BCUT2D eigenvalue weighted by Crippen LogP contribution is 2.61. The summed E-state index contributed by atoms with van der Waals surface area (Å²) in [5, 5.41) is 0.587. The normalized spacial score (nSPS) is 23.6. The van der Waals surface area contributed by atoms with Gasteiger partial charge in [0.25, 0.3) is 0 Å². The SMILES string of the molecule is CC(C)(C)C(=O)[C@@H]1[C@@H](c2ccccc2)C2(C(=O)c3ccccc3C2=O)[C@H]2C=Cc3cc(Cl)ccc3N12. The van der Waals surface area contributed by atoms with Gasteiger partial charge in [0, 0.05) is 33.2 Å². The van der Waals surface area contributed by atoms with Crippen LogP contribution in [-0.2, 0) is 4.79 Å². The number of rotatable bonds is 2. The van der Waals surface area contributed by atoms with Crippen LogP contribution in [-0.4, -0.2) is 29.4 Å². The number of carbonyl (C=O) groups is 3. The molecule has 0 bridgehead atoms. The lowest BCUT2D eigenvalue weighted by atomic mass is 9.63. The number of ketones is 3. The smallest absolute Gasteiger partial charge is 0.180 e. The number of carbonyl (C=O) groups excluding carboxylic acids is 3. The van der Waals surface area contributed by atoms with Gasteiger partial charge in [0.05, 0.1) is 12.1 Å². The van der Waals surface area contributed by atoms with Crippen molar-refractivity contribution in [3.05, 3.63) is 106 Å². The van der Waals surface area contributed by atoms with Crippen LogP contribution in [0.1, 0.15) is 58.5 Å². The summed E-state index contributed by atoms with van der Waals surface area (Å²) in [5.41, 5.74) is 1.20. The fourth-order valence-electron chi connectivity index (χ4n) is 6.42. The number of nitrogens with zero attached hydrogens (tertiary/aromatic N) is 1. The fraction of sp³-hybridized carbons (Fsp3) is 0.258.